The lowest BCUT2D eigenvalue weighted by molar-refractivity contribution is -0.127. The predicted molar refractivity (Wildman–Crippen MR) is 105 cm³/mol. The van der Waals surface area contributed by atoms with Gasteiger partial charge in [-0.05, 0) is 42.2 Å². The van der Waals surface area contributed by atoms with Crippen LogP contribution in [0.5, 0.6) is 11.5 Å². The molecule has 2 rings (SSSR count). The first-order valence-corrected chi connectivity index (χ1v) is 9.07. The van der Waals surface area contributed by atoms with Gasteiger partial charge in [-0.3, -0.25) is 4.79 Å². The quantitative estimate of drug-likeness (QED) is 0.719. The summed E-state index contributed by atoms with van der Waals surface area (Å²) < 4.78 is 11.2. The molecule has 140 valence electrons. The van der Waals surface area contributed by atoms with Crippen LogP contribution in [0.4, 0.5) is 0 Å². The topological polar surface area (TPSA) is 47.6 Å². The van der Waals surface area contributed by atoms with Crippen LogP contribution in [-0.4, -0.2) is 25.2 Å². The van der Waals surface area contributed by atoms with Crippen molar-refractivity contribution in [1.29, 1.82) is 0 Å². The smallest absolute Gasteiger partial charge is 0.260 e. The van der Waals surface area contributed by atoms with Gasteiger partial charge in [-0.1, -0.05) is 56.6 Å². The van der Waals surface area contributed by atoms with Gasteiger partial charge < -0.3 is 14.8 Å². The van der Waals surface area contributed by atoms with E-state index in [0.29, 0.717) is 29.7 Å². The Balaban J connectivity index is 1.76. The summed E-state index contributed by atoms with van der Waals surface area (Å²) in [7, 11) is 0. The number of amides is 1. The third-order valence-electron chi connectivity index (χ3n) is 3.90. The van der Waals surface area contributed by atoms with Gasteiger partial charge in [0.15, 0.2) is 6.10 Å². The van der Waals surface area contributed by atoms with Crippen molar-refractivity contribution in [3.05, 3.63) is 59.1 Å². The maximum absolute atomic E-state index is 12.1. The number of ether oxygens (including phenoxy) is 2. The summed E-state index contributed by atoms with van der Waals surface area (Å²) in [6, 6.07) is 15.1. The second-order valence-corrected chi connectivity index (χ2v) is 7.51. The summed E-state index contributed by atoms with van der Waals surface area (Å²) in [5, 5.41) is 3.35. The van der Waals surface area contributed by atoms with Gasteiger partial charge in [-0.15, -0.1) is 0 Å². The summed E-state index contributed by atoms with van der Waals surface area (Å²) in [6.45, 7) is 8.90. The molecule has 26 heavy (non-hydrogen) atoms. The summed E-state index contributed by atoms with van der Waals surface area (Å²) >= 11 is 6.01. The molecule has 0 unspecified atom stereocenters. The van der Waals surface area contributed by atoms with Crippen molar-refractivity contribution in [1.82, 2.24) is 5.32 Å². The SMILES string of the molecule is C[C@@H](Oc1ccc(C(C)(C)C)cc1)C(=O)NCCOc1ccccc1Cl. The maximum Gasteiger partial charge on any atom is 0.260 e. The van der Waals surface area contributed by atoms with Crippen molar-refractivity contribution in [2.75, 3.05) is 13.2 Å². The van der Waals surface area contributed by atoms with Crippen LogP contribution in [-0.2, 0) is 10.2 Å². The fraction of sp³-hybridized carbons (Fsp3) is 0.381. The number of nitrogens with one attached hydrogen (secondary N) is 1. The van der Waals surface area contributed by atoms with E-state index in [0.717, 1.165) is 0 Å². The zero-order chi connectivity index (χ0) is 19.2. The van der Waals surface area contributed by atoms with Crippen LogP contribution in [0.25, 0.3) is 0 Å². The Morgan fingerprint density at radius 2 is 1.77 bits per heavy atom. The van der Waals surface area contributed by atoms with Crippen molar-refractivity contribution in [3.8, 4) is 11.5 Å². The van der Waals surface area contributed by atoms with Crippen molar-refractivity contribution in [3.63, 3.8) is 0 Å². The van der Waals surface area contributed by atoms with Gasteiger partial charge >= 0.3 is 0 Å². The molecule has 0 spiro atoms. The number of carbonyl (C=O) groups excluding carboxylic acids is 1. The second kappa shape index (κ2) is 8.95. The van der Waals surface area contributed by atoms with Gasteiger partial charge in [0.2, 0.25) is 0 Å². The maximum atomic E-state index is 12.1. The minimum atomic E-state index is -0.587. The van der Waals surface area contributed by atoms with E-state index in [4.69, 9.17) is 21.1 Å². The first-order chi connectivity index (χ1) is 12.3. The number of para-hydroxylation sites is 1. The van der Waals surface area contributed by atoms with Crippen LogP contribution in [0.3, 0.4) is 0 Å². The van der Waals surface area contributed by atoms with Gasteiger partial charge in [-0.2, -0.15) is 0 Å². The normalized spacial score (nSPS) is 12.3. The Bertz CT molecular complexity index is 723. The molecule has 0 radical (unpaired) electrons. The number of hydrogen-bond acceptors (Lipinski definition) is 3. The van der Waals surface area contributed by atoms with Gasteiger partial charge in [0.25, 0.3) is 5.91 Å². The first kappa shape index (κ1) is 20.1. The lowest BCUT2D eigenvalue weighted by Gasteiger charge is -2.20. The van der Waals surface area contributed by atoms with E-state index >= 15 is 0 Å². The van der Waals surface area contributed by atoms with Gasteiger partial charge in [-0.25, -0.2) is 0 Å². The fourth-order valence-electron chi connectivity index (χ4n) is 2.33. The Morgan fingerprint density at radius 3 is 2.38 bits per heavy atom. The van der Waals surface area contributed by atoms with Crippen LogP contribution >= 0.6 is 11.6 Å². The van der Waals surface area contributed by atoms with Crippen LogP contribution in [0, 0.1) is 0 Å². The molecule has 2 aromatic rings. The monoisotopic (exact) mass is 375 g/mol. The second-order valence-electron chi connectivity index (χ2n) is 7.10. The van der Waals surface area contributed by atoms with E-state index in [2.05, 4.69) is 26.1 Å². The first-order valence-electron chi connectivity index (χ1n) is 8.69. The third kappa shape index (κ3) is 5.95. The zero-order valence-corrected chi connectivity index (χ0v) is 16.5. The molecule has 0 aromatic heterocycles. The molecule has 0 saturated heterocycles. The van der Waals surface area contributed by atoms with Gasteiger partial charge in [0.05, 0.1) is 11.6 Å². The summed E-state index contributed by atoms with van der Waals surface area (Å²) in [5.41, 5.74) is 1.31. The summed E-state index contributed by atoms with van der Waals surface area (Å²) in [5.74, 6) is 1.09. The van der Waals surface area contributed by atoms with Crippen LogP contribution in [0.2, 0.25) is 5.02 Å². The minimum Gasteiger partial charge on any atom is -0.490 e. The Labute approximate surface area is 160 Å². The van der Waals surface area contributed by atoms with E-state index in [9.17, 15) is 4.79 Å². The molecular weight excluding hydrogens is 350 g/mol. The molecule has 2 aromatic carbocycles. The molecule has 0 heterocycles. The van der Waals surface area contributed by atoms with Crippen LogP contribution < -0.4 is 14.8 Å². The summed E-state index contributed by atoms with van der Waals surface area (Å²) in [6.07, 6.45) is -0.587. The molecule has 1 atom stereocenters. The molecule has 0 aliphatic heterocycles. The largest absolute Gasteiger partial charge is 0.490 e. The van der Waals surface area contributed by atoms with E-state index in [1.807, 2.05) is 36.4 Å². The molecule has 1 amide bonds. The molecule has 0 saturated carbocycles. The highest BCUT2D eigenvalue weighted by Crippen LogP contribution is 2.25. The minimum absolute atomic E-state index is 0.0865. The lowest BCUT2D eigenvalue weighted by atomic mass is 9.87. The van der Waals surface area contributed by atoms with Crippen molar-refractivity contribution in [2.24, 2.45) is 0 Å². The number of carbonyl (C=O) groups is 1. The van der Waals surface area contributed by atoms with E-state index < -0.39 is 6.10 Å². The average Bonchev–Trinajstić information content (AvgIpc) is 2.59. The van der Waals surface area contributed by atoms with Crippen LogP contribution in [0.1, 0.15) is 33.3 Å². The third-order valence-corrected chi connectivity index (χ3v) is 4.21. The molecule has 0 aliphatic carbocycles. The Hall–Kier alpha value is -2.20. The predicted octanol–water partition coefficient (Wildman–Crippen LogP) is 4.60. The lowest BCUT2D eigenvalue weighted by Crippen LogP contribution is -2.38. The number of hydrogen-bond donors (Lipinski definition) is 1. The molecular formula is C21H26ClNO3. The number of rotatable bonds is 7. The van der Waals surface area contributed by atoms with E-state index in [1.165, 1.54) is 5.56 Å². The summed E-state index contributed by atoms with van der Waals surface area (Å²) in [4.78, 5) is 12.1. The Morgan fingerprint density at radius 1 is 1.12 bits per heavy atom. The highest BCUT2D eigenvalue weighted by Gasteiger charge is 2.16. The van der Waals surface area contributed by atoms with E-state index in [-0.39, 0.29) is 11.3 Å². The van der Waals surface area contributed by atoms with Gasteiger partial charge in [0.1, 0.15) is 18.1 Å². The fourth-order valence-corrected chi connectivity index (χ4v) is 2.52. The number of benzene rings is 2. The molecule has 0 aliphatic rings. The number of halogens is 1. The highest BCUT2D eigenvalue weighted by atomic mass is 35.5. The molecule has 0 fully saturated rings. The van der Waals surface area contributed by atoms with Crippen LogP contribution in [0.15, 0.2) is 48.5 Å². The van der Waals surface area contributed by atoms with Crippen molar-refractivity contribution >= 4 is 17.5 Å². The van der Waals surface area contributed by atoms with Crippen molar-refractivity contribution in [2.45, 2.75) is 39.2 Å². The molecule has 4 nitrogen and oxygen atoms in total. The standard InChI is InChI=1S/C21H26ClNO3/c1-15(26-17-11-9-16(10-12-17)21(2,3)4)20(24)23-13-14-25-19-8-6-5-7-18(19)22/h5-12,15H,13-14H2,1-4H3,(H,23,24)/t15-/m1/s1. The zero-order valence-electron chi connectivity index (χ0n) is 15.7. The van der Waals surface area contributed by atoms with Crippen molar-refractivity contribution < 1.29 is 14.3 Å². The Kier molecular flexibility index (Phi) is 6.92. The van der Waals surface area contributed by atoms with E-state index in [1.54, 1.807) is 19.1 Å². The van der Waals surface area contributed by atoms with Gasteiger partial charge in [0, 0.05) is 0 Å². The highest BCUT2D eigenvalue weighted by molar-refractivity contribution is 6.32. The molecule has 0 bridgehead atoms. The molecule has 5 heteroatoms. The molecule has 1 N–H and O–H groups in total. The average molecular weight is 376 g/mol.